The van der Waals surface area contributed by atoms with Crippen LogP contribution >= 0.6 is 0 Å². The molecule has 1 aliphatic heterocycles. The highest BCUT2D eigenvalue weighted by Gasteiger charge is 2.20. The molecule has 3 aromatic carbocycles. The third-order valence-electron chi connectivity index (χ3n) is 5.70. The second-order valence-electron chi connectivity index (χ2n) is 8.21. The maximum Gasteiger partial charge on any atom is 0.255 e. The zero-order valence-corrected chi connectivity index (χ0v) is 18.8. The van der Waals surface area contributed by atoms with Gasteiger partial charge in [0.25, 0.3) is 5.91 Å². The fourth-order valence-corrected chi connectivity index (χ4v) is 4.11. The van der Waals surface area contributed by atoms with Gasteiger partial charge in [0.2, 0.25) is 0 Å². The van der Waals surface area contributed by atoms with Gasteiger partial charge in [0.15, 0.2) is 6.79 Å². The lowest BCUT2D eigenvalue weighted by Crippen LogP contribution is -2.26. The fraction of sp³-hybridized carbons (Fsp3) is 0.185. The zero-order valence-electron chi connectivity index (χ0n) is 18.8. The summed E-state index contributed by atoms with van der Waals surface area (Å²) in [5.74, 6) is 0.0486. The van der Waals surface area contributed by atoms with E-state index in [1.807, 2.05) is 61.5 Å². The van der Waals surface area contributed by atoms with Crippen LogP contribution in [0.25, 0.3) is 16.9 Å². The third kappa shape index (κ3) is 4.56. The molecule has 1 aromatic heterocycles. The molecule has 0 radical (unpaired) electrons. The minimum Gasteiger partial charge on any atom is -0.467 e. The van der Waals surface area contributed by atoms with Crippen LogP contribution in [0.5, 0.6) is 5.75 Å². The number of hydrogen-bond donors (Lipinski definition) is 1. The van der Waals surface area contributed by atoms with Gasteiger partial charge in [-0.3, -0.25) is 4.79 Å². The topological polar surface area (TPSA) is 65.4 Å². The number of aryl methyl sites for hydroxylation is 1. The van der Waals surface area contributed by atoms with Crippen LogP contribution in [0.2, 0.25) is 0 Å². The van der Waals surface area contributed by atoms with Crippen molar-refractivity contribution < 1.29 is 18.7 Å². The van der Waals surface area contributed by atoms with Crippen molar-refractivity contribution in [3.05, 3.63) is 101 Å². The van der Waals surface area contributed by atoms with E-state index in [4.69, 9.17) is 14.6 Å². The molecule has 0 bridgehead atoms. The van der Waals surface area contributed by atoms with E-state index in [2.05, 4.69) is 5.32 Å². The van der Waals surface area contributed by atoms with E-state index in [1.165, 1.54) is 12.1 Å². The Morgan fingerprint density at radius 2 is 1.97 bits per heavy atom. The fourth-order valence-electron chi connectivity index (χ4n) is 4.11. The predicted octanol–water partition coefficient (Wildman–Crippen LogP) is 4.83. The lowest BCUT2D eigenvalue weighted by atomic mass is 10.0. The highest BCUT2D eigenvalue weighted by molar-refractivity contribution is 6.00. The Labute approximate surface area is 196 Å². The van der Waals surface area contributed by atoms with Crippen molar-refractivity contribution in [1.29, 1.82) is 0 Å². The number of nitrogens with one attached hydrogen (secondary N) is 1. The van der Waals surface area contributed by atoms with E-state index in [1.54, 1.807) is 10.9 Å². The summed E-state index contributed by atoms with van der Waals surface area (Å²) in [5.41, 5.74) is 5.27. The standard InChI is InChI=1S/C27H24FN3O3/c1-18-6-5-7-19(12-18)25-24(15-31(30-25)23-8-3-2-4-9-23)27(32)29-11-10-20-13-22(28)14-21-16-33-17-34-26(20)21/h2-9,12-15H,10-11,16-17H2,1H3,(H,29,32). The predicted molar refractivity (Wildman–Crippen MR) is 126 cm³/mol. The third-order valence-corrected chi connectivity index (χ3v) is 5.70. The molecule has 0 saturated heterocycles. The molecule has 6 nitrogen and oxygen atoms in total. The Morgan fingerprint density at radius 3 is 2.79 bits per heavy atom. The van der Waals surface area contributed by atoms with Gasteiger partial charge < -0.3 is 14.8 Å². The van der Waals surface area contributed by atoms with Crippen LogP contribution < -0.4 is 10.1 Å². The monoisotopic (exact) mass is 457 g/mol. The summed E-state index contributed by atoms with van der Waals surface area (Å²) < 4.78 is 26.6. The van der Waals surface area contributed by atoms with Gasteiger partial charge in [0.05, 0.1) is 17.9 Å². The van der Waals surface area contributed by atoms with Crippen molar-refractivity contribution in [1.82, 2.24) is 15.1 Å². The molecule has 0 atom stereocenters. The Balaban J connectivity index is 1.39. The van der Waals surface area contributed by atoms with Crippen molar-refractivity contribution in [3.63, 3.8) is 0 Å². The summed E-state index contributed by atoms with van der Waals surface area (Å²) in [7, 11) is 0. The number of aromatic nitrogens is 2. The number of carbonyl (C=O) groups is 1. The van der Waals surface area contributed by atoms with Crippen LogP contribution in [-0.4, -0.2) is 29.0 Å². The first-order valence-corrected chi connectivity index (χ1v) is 11.1. The average Bonchev–Trinajstić information content (AvgIpc) is 3.30. The molecule has 4 aromatic rings. The second kappa shape index (κ2) is 9.49. The molecule has 1 aliphatic rings. The number of ether oxygens (including phenoxy) is 2. The van der Waals surface area contributed by atoms with Crippen LogP contribution in [0.4, 0.5) is 4.39 Å². The summed E-state index contributed by atoms with van der Waals surface area (Å²) in [6.07, 6.45) is 2.17. The molecule has 1 amide bonds. The van der Waals surface area contributed by atoms with Crippen LogP contribution in [-0.2, 0) is 17.8 Å². The summed E-state index contributed by atoms with van der Waals surface area (Å²) in [4.78, 5) is 13.2. The number of fused-ring (bicyclic) bond motifs is 1. The molecule has 0 fully saturated rings. The first-order valence-electron chi connectivity index (χ1n) is 11.1. The van der Waals surface area contributed by atoms with Gasteiger partial charge in [-0.15, -0.1) is 0 Å². The molecule has 0 aliphatic carbocycles. The molecule has 2 heterocycles. The molecular formula is C27H24FN3O3. The molecule has 0 spiro atoms. The Morgan fingerprint density at radius 1 is 1.12 bits per heavy atom. The van der Waals surface area contributed by atoms with Crippen LogP contribution in [0.15, 0.2) is 72.9 Å². The normalized spacial score (nSPS) is 12.6. The van der Waals surface area contributed by atoms with E-state index in [9.17, 15) is 9.18 Å². The maximum absolute atomic E-state index is 14.0. The molecule has 5 rings (SSSR count). The van der Waals surface area contributed by atoms with E-state index in [0.717, 1.165) is 16.8 Å². The first-order chi connectivity index (χ1) is 16.6. The molecule has 0 unspecified atom stereocenters. The number of nitrogens with zero attached hydrogens (tertiary/aromatic N) is 2. The highest BCUT2D eigenvalue weighted by Crippen LogP contribution is 2.30. The van der Waals surface area contributed by atoms with Gasteiger partial charge in [-0.25, -0.2) is 9.07 Å². The summed E-state index contributed by atoms with van der Waals surface area (Å²) in [6.45, 7) is 2.77. The number of amides is 1. The molecule has 34 heavy (non-hydrogen) atoms. The minimum atomic E-state index is -0.347. The van der Waals surface area contributed by atoms with Crippen LogP contribution in [0.1, 0.15) is 27.0 Å². The van der Waals surface area contributed by atoms with Gasteiger partial charge in [-0.1, -0.05) is 42.0 Å². The van der Waals surface area contributed by atoms with E-state index < -0.39 is 0 Å². The molecular weight excluding hydrogens is 433 g/mol. The Kier molecular flexibility index (Phi) is 6.10. The first kappa shape index (κ1) is 21.9. The van der Waals surface area contributed by atoms with Crippen molar-refractivity contribution in [2.45, 2.75) is 20.0 Å². The van der Waals surface area contributed by atoms with Crippen LogP contribution in [0, 0.1) is 12.7 Å². The smallest absolute Gasteiger partial charge is 0.255 e. The van der Waals surface area contributed by atoms with Crippen molar-refractivity contribution >= 4 is 5.91 Å². The van der Waals surface area contributed by atoms with E-state index in [0.29, 0.717) is 47.7 Å². The van der Waals surface area contributed by atoms with Gasteiger partial charge >= 0.3 is 0 Å². The van der Waals surface area contributed by atoms with Gasteiger partial charge in [-0.2, -0.15) is 5.10 Å². The summed E-state index contributed by atoms with van der Waals surface area (Å²) >= 11 is 0. The maximum atomic E-state index is 14.0. The second-order valence-corrected chi connectivity index (χ2v) is 8.21. The number of carbonyl (C=O) groups excluding carboxylic acids is 1. The van der Waals surface area contributed by atoms with Crippen molar-refractivity contribution in [3.8, 4) is 22.7 Å². The van der Waals surface area contributed by atoms with Gasteiger partial charge in [0.1, 0.15) is 17.3 Å². The largest absolute Gasteiger partial charge is 0.467 e. The quantitative estimate of drug-likeness (QED) is 0.451. The number of para-hydroxylation sites is 1. The molecule has 7 heteroatoms. The van der Waals surface area contributed by atoms with Crippen molar-refractivity contribution in [2.75, 3.05) is 13.3 Å². The summed E-state index contributed by atoms with van der Waals surface area (Å²) in [5, 5.41) is 7.68. The summed E-state index contributed by atoms with van der Waals surface area (Å²) in [6, 6.07) is 20.4. The number of hydrogen-bond acceptors (Lipinski definition) is 4. The lowest BCUT2D eigenvalue weighted by molar-refractivity contribution is -0.0172. The lowest BCUT2D eigenvalue weighted by Gasteiger charge is -2.21. The van der Waals surface area contributed by atoms with Crippen LogP contribution in [0.3, 0.4) is 0 Å². The van der Waals surface area contributed by atoms with Crippen molar-refractivity contribution in [2.24, 2.45) is 0 Å². The van der Waals surface area contributed by atoms with E-state index >= 15 is 0 Å². The highest BCUT2D eigenvalue weighted by atomic mass is 19.1. The molecule has 0 saturated carbocycles. The molecule has 1 N–H and O–H groups in total. The Bertz CT molecular complexity index is 1330. The van der Waals surface area contributed by atoms with E-state index in [-0.39, 0.29) is 18.5 Å². The minimum absolute atomic E-state index is 0.135. The van der Waals surface area contributed by atoms with Gasteiger partial charge in [0, 0.05) is 23.9 Å². The van der Waals surface area contributed by atoms with Gasteiger partial charge in [-0.05, 0) is 49.2 Å². The zero-order chi connectivity index (χ0) is 23.5. The average molecular weight is 458 g/mol. The number of benzene rings is 3. The number of rotatable bonds is 6. The SMILES string of the molecule is Cc1cccc(-c2nn(-c3ccccc3)cc2C(=O)NCCc2cc(F)cc3c2OCOC3)c1. The molecule has 172 valence electrons. The Hall–Kier alpha value is -3.97. The number of halogens is 1.